The van der Waals surface area contributed by atoms with Gasteiger partial charge in [0.25, 0.3) is 0 Å². The minimum atomic E-state index is -0.435. The lowest BCUT2D eigenvalue weighted by Gasteiger charge is -2.27. The molecule has 0 spiro atoms. The number of rotatable bonds is 5. The molecule has 1 aliphatic heterocycles. The van der Waals surface area contributed by atoms with Gasteiger partial charge in [-0.2, -0.15) is 0 Å². The molecule has 2 aromatic carbocycles. The third-order valence-corrected chi connectivity index (χ3v) is 6.35. The van der Waals surface area contributed by atoms with Gasteiger partial charge in [0.15, 0.2) is 0 Å². The zero-order valence-electron chi connectivity index (χ0n) is 17.2. The molecule has 5 nitrogen and oxygen atoms in total. The topological polar surface area (TPSA) is 59.5 Å². The zero-order chi connectivity index (χ0) is 22.0. The van der Waals surface area contributed by atoms with Crippen molar-refractivity contribution in [2.45, 2.75) is 19.2 Å². The number of ether oxygens (including phenoxy) is 1. The third-order valence-electron chi connectivity index (χ3n) is 5.14. The molecule has 1 unspecified atom stereocenters. The highest BCUT2D eigenvalue weighted by Gasteiger charge is 2.36. The molecule has 7 heteroatoms. The summed E-state index contributed by atoms with van der Waals surface area (Å²) in [5.41, 5.74) is 3.96. The van der Waals surface area contributed by atoms with Crippen LogP contribution < -0.4 is 4.90 Å². The van der Waals surface area contributed by atoms with Gasteiger partial charge in [0.2, 0.25) is 5.91 Å². The lowest BCUT2D eigenvalue weighted by Crippen LogP contribution is -2.29. The summed E-state index contributed by atoms with van der Waals surface area (Å²) < 4.78 is 18.7. The lowest BCUT2D eigenvalue weighted by molar-refractivity contribution is -0.115. The van der Waals surface area contributed by atoms with Crippen molar-refractivity contribution >= 4 is 29.3 Å². The Hall–Kier alpha value is -3.19. The molecule has 1 amide bonds. The molecule has 0 saturated carbocycles. The number of nitrogens with zero attached hydrogens (tertiary/aromatic N) is 2. The van der Waals surface area contributed by atoms with E-state index in [4.69, 9.17) is 4.74 Å². The Morgan fingerprint density at radius 3 is 2.65 bits per heavy atom. The van der Waals surface area contributed by atoms with E-state index in [1.54, 1.807) is 48.4 Å². The predicted octanol–water partition coefficient (Wildman–Crippen LogP) is 5.15. The van der Waals surface area contributed by atoms with Crippen molar-refractivity contribution in [1.29, 1.82) is 0 Å². The molecule has 31 heavy (non-hydrogen) atoms. The Kier molecular flexibility index (Phi) is 6.04. The summed E-state index contributed by atoms with van der Waals surface area (Å²) >= 11 is 1.49. The van der Waals surface area contributed by atoms with Crippen molar-refractivity contribution in [3.05, 3.63) is 83.3 Å². The Balaban J connectivity index is 1.85. The number of hydrogen-bond acceptors (Lipinski definition) is 5. The molecular formula is C24H21FN2O3S. The normalized spacial score (nSPS) is 15.9. The monoisotopic (exact) mass is 436 g/mol. The zero-order valence-corrected chi connectivity index (χ0v) is 18.0. The van der Waals surface area contributed by atoms with Crippen LogP contribution in [-0.4, -0.2) is 29.2 Å². The number of halogens is 1. The summed E-state index contributed by atoms with van der Waals surface area (Å²) in [7, 11) is 0. The molecule has 0 aliphatic carbocycles. The fourth-order valence-electron chi connectivity index (χ4n) is 3.74. The number of thioether (sulfide) groups is 1. The predicted molar refractivity (Wildman–Crippen MR) is 119 cm³/mol. The average Bonchev–Trinajstić information content (AvgIpc) is 3.16. The molecular weight excluding hydrogens is 415 g/mol. The van der Waals surface area contributed by atoms with E-state index in [0.29, 0.717) is 28.3 Å². The van der Waals surface area contributed by atoms with Crippen LogP contribution in [0.1, 0.15) is 33.8 Å². The van der Waals surface area contributed by atoms with Gasteiger partial charge in [0.05, 0.1) is 23.6 Å². The average molecular weight is 437 g/mol. The molecule has 158 valence electrons. The number of benzene rings is 2. The number of hydrogen-bond donors (Lipinski definition) is 0. The number of anilines is 1. The lowest BCUT2D eigenvalue weighted by atomic mass is 9.96. The van der Waals surface area contributed by atoms with Crippen LogP contribution in [0.2, 0.25) is 0 Å². The van der Waals surface area contributed by atoms with Crippen molar-refractivity contribution in [2.75, 3.05) is 17.3 Å². The number of amides is 1. The van der Waals surface area contributed by atoms with Gasteiger partial charge in [-0.15, -0.1) is 11.8 Å². The van der Waals surface area contributed by atoms with Gasteiger partial charge in [0, 0.05) is 17.4 Å². The van der Waals surface area contributed by atoms with Gasteiger partial charge in [-0.1, -0.05) is 18.2 Å². The van der Waals surface area contributed by atoms with Gasteiger partial charge in [-0.3, -0.25) is 14.7 Å². The van der Waals surface area contributed by atoms with Crippen molar-refractivity contribution in [3.8, 4) is 11.3 Å². The summed E-state index contributed by atoms with van der Waals surface area (Å²) in [6.07, 6.45) is 1.66. The fraction of sp³-hybridized carbons (Fsp3) is 0.208. The molecule has 1 fully saturated rings. The Morgan fingerprint density at radius 2 is 1.97 bits per heavy atom. The van der Waals surface area contributed by atoms with Crippen LogP contribution in [0, 0.1) is 12.7 Å². The second-order valence-electron chi connectivity index (χ2n) is 7.05. The highest BCUT2D eigenvalue weighted by Crippen LogP contribution is 2.44. The molecule has 1 aromatic heterocycles. The molecule has 1 aliphatic rings. The van der Waals surface area contributed by atoms with Crippen LogP contribution in [0.25, 0.3) is 11.3 Å². The minimum absolute atomic E-state index is 0.0433. The van der Waals surface area contributed by atoms with E-state index in [1.807, 2.05) is 19.1 Å². The number of aromatic nitrogens is 1. The smallest absolute Gasteiger partial charge is 0.338 e. The molecule has 0 bridgehead atoms. The Labute approximate surface area is 184 Å². The van der Waals surface area contributed by atoms with E-state index in [9.17, 15) is 14.0 Å². The molecule has 0 N–H and O–H groups in total. The van der Waals surface area contributed by atoms with Gasteiger partial charge in [-0.05, 0) is 61.4 Å². The minimum Gasteiger partial charge on any atom is -0.462 e. The van der Waals surface area contributed by atoms with Crippen LogP contribution in [0.4, 0.5) is 10.1 Å². The van der Waals surface area contributed by atoms with Gasteiger partial charge < -0.3 is 4.74 Å². The Morgan fingerprint density at radius 1 is 1.19 bits per heavy atom. The Bertz CT molecular complexity index is 1120. The number of esters is 1. The maximum atomic E-state index is 13.4. The number of carbonyl (C=O) groups excluding carboxylic acids is 2. The standard InChI is InChI=1S/C24H21FN2O3S/c1-3-30-24(29)18-11-12-20(15(2)22(18)19-6-4-5-13-26-19)27-21(28)14-31-23(27)16-7-9-17(25)10-8-16/h4-13,23H,3,14H2,1-2H3. The highest BCUT2D eigenvalue weighted by atomic mass is 32.2. The largest absolute Gasteiger partial charge is 0.462 e. The first-order valence-corrected chi connectivity index (χ1v) is 11.0. The van der Waals surface area contributed by atoms with E-state index in [-0.39, 0.29) is 23.7 Å². The molecule has 0 radical (unpaired) electrons. The second-order valence-corrected chi connectivity index (χ2v) is 8.11. The van der Waals surface area contributed by atoms with Crippen LogP contribution >= 0.6 is 11.8 Å². The van der Waals surface area contributed by atoms with Crippen LogP contribution in [0.3, 0.4) is 0 Å². The quantitative estimate of drug-likeness (QED) is 0.518. The van der Waals surface area contributed by atoms with E-state index < -0.39 is 5.97 Å². The van der Waals surface area contributed by atoms with Crippen molar-refractivity contribution < 1.29 is 18.7 Å². The van der Waals surface area contributed by atoms with Crippen LogP contribution in [0.15, 0.2) is 60.8 Å². The first-order chi connectivity index (χ1) is 15.0. The van der Waals surface area contributed by atoms with E-state index >= 15 is 0 Å². The fourth-order valence-corrected chi connectivity index (χ4v) is 4.91. The summed E-state index contributed by atoms with van der Waals surface area (Å²) in [6, 6.07) is 15.1. The number of pyridine rings is 1. The van der Waals surface area contributed by atoms with Gasteiger partial charge >= 0.3 is 5.97 Å². The summed E-state index contributed by atoms with van der Waals surface area (Å²) in [5.74, 6) is -0.481. The van der Waals surface area contributed by atoms with Crippen molar-refractivity contribution in [1.82, 2.24) is 4.98 Å². The first-order valence-electron chi connectivity index (χ1n) is 9.92. The molecule has 1 saturated heterocycles. The summed E-state index contributed by atoms with van der Waals surface area (Å²) in [6.45, 7) is 3.89. The first kappa shape index (κ1) is 21.1. The molecule has 3 aromatic rings. The number of carbonyl (C=O) groups is 2. The van der Waals surface area contributed by atoms with Crippen LogP contribution in [0.5, 0.6) is 0 Å². The van der Waals surface area contributed by atoms with E-state index in [2.05, 4.69) is 4.98 Å². The highest BCUT2D eigenvalue weighted by molar-refractivity contribution is 8.00. The van der Waals surface area contributed by atoms with E-state index in [1.165, 1.54) is 23.9 Å². The maximum absolute atomic E-state index is 13.4. The summed E-state index contributed by atoms with van der Waals surface area (Å²) in [5, 5.41) is -0.281. The summed E-state index contributed by atoms with van der Waals surface area (Å²) in [4.78, 5) is 31.7. The van der Waals surface area contributed by atoms with E-state index in [0.717, 1.165) is 11.1 Å². The van der Waals surface area contributed by atoms with Crippen LogP contribution in [-0.2, 0) is 9.53 Å². The second kappa shape index (κ2) is 8.89. The maximum Gasteiger partial charge on any atom is 0.338 e. The van der Waals surface area contributed by atoms with Gasteiger partial charge in [0.1, 0.15) is 11.2 Å². The molecule has 1 atom stereocenters. The van der Waals surface area contributed by atoms with Crippen molar-refractivity contribution in [3.63, 3.8) is 0 Å². The van der Waals surface area contributed by atoms with Crippen molar-refractivity contribution in [2.24, 2.45) is 0 Å². The third kappa shape index (κ3) is 4.05. The molecule has 2 heterocycles. The molecule has 4 rings (SSSR count). The SMILES string of the molecule is CCOC(=O)c1ccc(N2C(=O)CSC2c2ccc(F)cc2)c(C)c1-c1ccccn1. The van der Waals surface area contributed by atoms with Gasteiger partial charge in [-0.25, -0.2) is 9.18 Å².